The van der Waals surface area contributed by atoms with E-state index >= 15 is 0 Å². The van der Waals surface area contributed by atoms with Gasteiger partial charge >= 0.3 is 0 Å². The molecule has 0 unspecified atom stereocenters. The smallest absolute Gasteiger partial charge is 0.249 e. The van der Waals surface area contributed by atoms with Crippen molar-refractivity contribution in [3.05, 3.63) is 11.4 Å². The Bertz CT molecular complexity index is 433. The summed E-state index contributed by atoms with van der Waals surface area (Å²) in [4.78, 5) is 16.2. The lowest BCUT2D eigenvalue weighted by atomic mass is 10.0. The fourth-order valence-electron chi connectivity index (χ4n) is 1.81. The second-order valence-electron chi connectivity index (χ2n) is 4.96. The lowest BCUT2D eigenvalue weighted by Gasteiger charge is -2.13. The Hall–Kier alpha value is -1.56. The summed E-state index contributed by atoms with van der Waals surface area (Å²) in [5.74, 6) is 0.341. The van der Waals surface area contributed by atoms with Crippen LogP contribution >= 0.6 is 0 Å². The Morgan fingerprint density at radius 3 is 2.37 bits per heavy atom. The topological polar surface area (TPSA) is 93.8 Å². The second-order valence-corrected chi connectivity index (χ2v) is 4.96. The Morgan fingerprint density at radius 2 is 1.84 bits per heavy atom. The van der Waals surface area contributed by atoms with E-state index in [2.05, 4.69) is 20.5 Å². The molecule has 1 aromatic heterocycles. The lowest BCUT2D eigenvalue weighted by Crippen LogP contribution is -2.37. The third kappa shape index (κ3) is 4.55. The van der Waals surface area contributed by atoms with Gasteiger partial charge < -0.3 is 5.73 Å². The van der Waals surface area contributed by atoms with Crippen LogP contribution in [-0.2, 0) is 17.6 Å². The van der Waals surface area contributed by atoms with E-state index in [1.54, 1.807) is 0 Å². The van der Waals surface area contributed by atoms with Crippen LogP contribution in [0.25, 0.3) is 0 Å². The summed E-state index contributed by atoms with van der Waals surface area (Å²) < 4.78 is 0. The quantitative estimate of drug-likeness (QED) is 0.808. The molecule has 0 spiro atoms. The van der Waals surface area contributed by atoms with Crippen molar-refractivity contribution in [2.75, 3.05) is 5.32 Å². The molecule has 1 rings (SSSR count). The SMILES string of the molecule is CCc1nnc(NC(=O)[C@H](N)CC(C)C)nc1CC. The van der Waals surface area contributed by atoms with Crippen LogP contribution < -0.4 is 11.1 Å². The highest BCUT2D eigenvalue weighted by atomic mass is 16.2. The van der Waals surface area contributed by atoms with Crippen molar-refractivity contribution in [2.24, 2.45) is 11.7 Å². The molecule has 0 aliphatic rings. The first-order valence-corrected chi connectivity index (χ1v) is 6.76. The second kappa shape index (κ2) is 7.13. The zero-order chi connectivity index (χ0) is 14.4. The molecule has 6 nitrogen and oxygen atoms in total. The number of hydrogen-bond acceptors (Lipinski definition) is 5. The number of amides is 1. The molecular formula is C13H23N5O. The highest BCUT2D eigenvalue weighted by Gasteiger charge is 2.17. The Kier molecular flexibility index (Phi) is 5.82. The summed E-state index contributed by atoms with van der Waals surface area (Å²) in [6.07, 6.45) is 2.18. The standard InChI is InChI=1S/C13H23N5O/c1-5-10-11(6-2)17-18-13(15-10)16-12(19)9(14)7-8(3)4/h8-9H,5-7,14H2,1-4H3,(H,15,16,18,19)/t9-/m1/s1. The van der Waals surface area contributed by atoms with Crippen LogP contribution in [0.2, 0.25) is 0 Å². The molecule has 1 aromatic rings. The molecular weight excluding hydrogens is 242 g/mol. The van der Waals surface area contributed by atoms with Crippen LogP contribution in [0.15, 0.2) is 0 Å². The van der Waals surface area contributed by atoms with Crippen molar-refractivity contribution in [3.8, 4) is 0 Å². The van der Waals surface area contributed by atoms with Crippen LogP contribution in [0.3, 0.4) is 0 Å². The summed E-state index contributed by atoms with van der Waals surface area (Å²) in [7, 11) is 0. The molecule has 0 saturated carbocycles. The molecule has 1 amide bonds. The van der Waals surface area contributed by atoms with Gasteiger partial charge in [0.2, 0.25) is 11.9 Å². The van der Waals surface area contributed by atoms with Crippen LogP contribution in [0, 0.1) is 5.92 Å². The zero-order valence-electron chi connectivity index (χ0n) is 12.1. The van der Waals surface area contributed by atoms with Gasteiger partial charge in [-0.1, -0.05) is 27.7 Å². The van der Waals surface area contributed by atoms with Crippen LogP contribution in [0.4, 0.5) is 5.95 Å². The molecule has 1 heterocycles. The van der Waals surface area contributed by atoms with Gasteiger partial charge in [0.05, 0.1) is 17.4 Å². The van der Waals surface area contributed by atoms with E-state index in [0.29, 0.717) is 12.3 Å². The number of anilines is 1. The maximum absolute atomic E-state index is 11.9. The van der Waals surface area contributed by atoms with Gasteiger partial charge in [0, 0.05) is 0 Å². The first-order chi connectivity index (χ1) is 8.97. The minimum absolute atomic E-state index is 0.234. The van der Waals surface area contributed by atoms with Crippen LogP contribution in [0.1, 0.15) is 45.5 Å². The molecule has 1 atom stereocenters. The Labute approximate surface area is 114 Å². The van der Waals surface area contributed by atoms with E-state index in [1.165, 1.54) is 0 Å². The molecule has 0 aromatic carbocycles. The van der Waals surface area contributed by atoms with Crippen molar-refractivity contribution >= 4 is 11.9 Å². The van der Waals surface area contributed by atoms with Gasteiger partial charge in [0.1, 0.15) is 0 Å². The summed E-state index contributed by atoms with van der Waals surface area (Å²) in [6.45, 7) is 8.05. The molecule has 3 N–H and O–H groups in total. The van der Waals surface area contributed by atoms with Crippen molar-refractivity contribution < 1.29 is 4.79 Å². The molecule has 0 bridgehead atoms. The Morgan fingerprint density at radius 1 is 1.21 bits per heavy atom. The van der Waals surface area contributed by atoms with Gasteiger partial charge in [-0.3, -0.25) is 10.1 Å². The lowest BCUT2D eigenvalue weighted by molar-refractivity contribution is -0.117. The van der Waals surface area contributed by atoms with E-state index in [4.69, 9.17) is 5.73 Å². The molecule has 0 radical (unpaired) electrons. The summed E-state index contributed by atoms with van der Waals surface area (Å²) in [6, 6.07) is -0.542. The number of carbonyl (C=O) groups is 1. The molecule has 0 aliphatic carbocycles. The number of hydrogen-bond donors (Lipinski definition) is 2. The van der Waals surface area contributed by atoms with Crippen molar-refractivity contribution in [1.29, 1.82) is 0 Å². The van der Waals surface area contributed by atoms with Crippen LogP contribution in [0.5, 0.6) is 0 Å². The summed E-state index contributed by atoms with van der Waals surface area (Å²) in [5.41, 5.74) is 7.54. The zero-order valence-corrected chi connectivity index (χ0v) is 12.1. The summed E-state index contributed by atoms with van der Waals surface area (Å²) in [5, 5.41) is 10.6. The van der Waals surface area contributed by atoms with Gasteiger partial charge in [-0.15, -0.1) is 10.2 Å². The summed E-state index contributed by atoms with van der Waals surface area (Å²) >= 11 is 0. The molecule has 106 valence electrons. The predicted molar refractivity (Wildman–Crippen MR) is 74.6 cm³/mol. The molecule has 0 aliphatic heterocycles. The number of nitrogens with one attached hydrogen (secondary N) is 1. The minimum atomic E-state index is -0.542. The van der Waals surface area contributed by atoms with Gasteiger partial charge in [-0.25, -0.2) is 4.98 Å². The fourth-order valence-corrected chi connectivity index (χ4v) is 1.81. The van der Waals surface area contributed by atoms with E-state index in [1.807, 2.05) is 27.7 Å². The Balaban J connectivity index is 2.74. The predicted octanol–water partition coefficient (Wildman–Crippen LogP) is 1.31. The average molecular weight is 265 g/mol. The maximum Gasteiger partial charge on any atom is 0.249 e. The fraction of sp³-hybridized carbons (Fsp3) is 0.692. The number of nitrogens with two attached hydrogens (primary N) is 1. The van der Waals surface area contributed by atoms with E-state index in [-0.39, 0.29) is 11.9 Å². The van der Waals surface area contributed by atoms with Crippen LogP contribution in [-0.4, -0.2) is 27.1 Å². The highest BCUT2D eigenvalue weighted by Crippen LogP contribution is 2.08. The van der Waals surface area contributed by atoms with E-state index in [9.17, 15) is 4.79 Å². The first kappa shape index (κ1) is 15.5. The highest BCUT2D eigenvalue weighted by molar-refractivity contribution is 5.93. The third-order valence-electron chi connectivity index (χ3n) is 2.81. The average Bonchev–Trinajstić information content (AvgIpc) is 2.37. The third-order valence-corrected chi connectivity index (χ3v) is 2.81. The van der Waals surface area contributed by atoms with Crippen molar-refractivity contribution in [3.63, 3.8) is 0 Å². The van der Waals surface area contributed by atoms with E-state index in [0.717, 1.165) is 24.2 Å². The number of nitrogens with zero attached hydrogens (tertiary/aromatic N) is 3. The number of aromatic nitrogens is 3. The minimum Gasteiger partial charge on any atom is -0.320 e. The largest absolute Gasteiger partial charge is 0.320 e. The van der Waals surface area contributed by atoms with E-state index < -0.39 is 6.04 Å². The van der Waals surface area contributed by atoms with Crippen molar-refractivity contribution in [1.82, 2.24) is 15.2 Å². The number of carbonyl (C=O) groups excluding carboxylic acids is 1. The van der Waals surface area contributed by atoms with Gasteiger partial charge in [-0.2, -0.15) is 0 Å². The monoisotopic (exact) mass is 265 g/mol. The van der Waals surface area contributed by atoms with Gasteiger partial charge in [0.25, 0.3) is 0 Å². The van der Waals surface area contributed by atoms with Gasteiger partial charge in [0.15, 0.2) is 0 Å². The number of aryl methyl sites for hydroxylation is 2. The normalized spacial score (nSPS) is 12.5. The molecule has 0 fully saturated rings. The maximum atomic E-state index is 11.9. The van der Waals surface area contributed by atoms with Gasteiger partial charge in [-0.05, 0) is 25.2 Å². The molecule has 19 heavy (non-hydrogen) atoms. The molecule has 6 heteroatoms. The number of rotatable bonds is 6. The first-order valence-electron chi connectivity index (χ1n) is 6.76. The molecule has 0 saturated heterocycles. The van der Waals surface area contributed by atoms with Crippen molar-refractivity contribution in [2.45, 2.75) is 53.0 Å².